The van der Waals surface area contributed by atoms with Crippen molar-refractivity contribution in [2.75, 3.05) is 5.73 Å². The SMILES string of the molecule is Cc1cnc(N)cc1Br. The Bertz CT molecular complexity index is 222. The Hall–Kier alpha value is -0.570. The maximum atomic E-state index is 5.39. The molecular formula is C6H7BrN2. The number of nitrogen functional groups attached to an aromatic ring is 1. The van der Waals surface area contributed by atoms with E-state index in [1.54, 1.807) is 12.3 Å². The summed E-state index contributed by atoms with van der Waals surface area (Å²) in [6, 6.07) is 1.79. The fourth-order valence-electron chi connectivity index (χ4n) is 0.514. The van der Waals surface area contributed by atoms with E-state index in [0.29, 0.717) is 5.82 Å². The molecule has 0 radical (unpaired) electrons. The second-order valence-corrected chi connectivity index (χ2v) is 2.71. The molecule has 1 heterocycles. The zero-order valence-corrected chi connectivity index (χ0v) is 6.64. The van der Waals surface area contributed by atoms with Gasteiger partial charge >= 0.3 is 0 Å². The molecule has 9 heavy (non-hydrogen) atoms. The molecule has 3 heteroatoms. The number of halogens is 1. The summed E-state index contributed by atoms with van der Waals surface area (Å²) < 4.78 is 1.01. The molecule has 0 fully saturated rings. The normalized spacial score (nSPS) is 9.56. The summed E-state index contributed by atoms with van der Waals surface area (Å²) in [5.41, 5.74) is 6.49. The molecule has 48 valence electrons. The molecule has 0 amide bonds. The van der Waals surface area contributed by atoms with Crippen LogP contribution in [0.2, 0.25) is 0 Å². The highest BCUT2D eigenvalue weighted by Gasteiger charge is 1.92. The number of aryl methyl sites for hydroxylation is 1. The monoisotopic (exact) mass is 186 g/mol. The van der Waals surface area contributed by atoms with Gasteiger partial charge in [-0.15, -0.1) is 0 Å². The van der Waals surface area contributed by atoms with Gasteiger partial charge in [0, 0.05) is 10.7 Å². The summed E-state index contributed by atoms with van der Waals surface area (Å²) in [6.45, 7) is 1.97. The molecule has 0 aliphatic rings. The lowest BCUT2D eigenvalue weighted by Gasteiger charge is -1.95. The average molecular weight is 187 g/mol. The number of nitrogens with zero attached hydrogens (tertiary/aromatic N) is 1. The van der Waals surface area contributed by atoms with E-state index in [1.807, 2.05) is 6.92 Å². The molecule has 0 bridgehead atoms. The van der Waals surface area contributed by atoms with Crippen LogP contribution in [0, 0.1) is 6.92 Å². The van der Waals surface area contributed by atoms with Gasteiger partial charge in [-0.2, -0.15) is 0 Å². The summed E-state index contributed by atoms with van der Waals surface area (Å²) in [7, 11) is 0. The number of rotatable bonds is 0. The van der Waals surface area contributed by atoms with Crippen LogP contribution in [0.5, 0.6) is 0 Å². The van der Waals surface area contributed by atoms with E-state index in [4.69, 9.17) is 5.73 Å². The Balaban J connectivity index is 3.17. The number of pyridine rings is 1. The van der Waals surface area contributed by atoms with E-state index in [-0.39, 0.29) is 0 Å². The third-order valence-electron chi connectivity index (χ3n) is 1.06. The van der Waals surface area contributed by atoms with E-state index in [1.165, 1.54) is 0 Å². The number of nitrogens with two attached hydrogens (primary N) is 1. The van der Waals surface area contributed by atoms with E-state index in [2.05, 4.69) is 20.9 Å². The minimum Gasteiger partial charge on any atom is -0.384 e. The quantitative estimate of drug-likeness (QED) is 0.671. The Morgan fingerprint density at radius 1 is 1.67 bits per heavy atom. The van der Waals surface area contributed by atoms with Crippen molar-refractivity contribution < 1.29 is 0 Å². The predicted molar refractivity (Wildman–Crippen MR) is 41.1 cm³/mol. The minimum atomic E-state index is 0.549. The Morgan fingerprint density at radius 2 is 2.33 bits per heavy atom. The standard InChI is InChI=1S/C6H7BrN2/c1-4-3-9-6(8)2-5(4)7/h2-3H,1H3,(H2,8,9). The molecular weight excluding hydrogens is 180 g/mol. The molecule has 1 aromatic rings. The highest BCUT2D eigenvalue weighted by atomic mass is 79.9. The topological polar surface area (TPSA) is 38.9 Å². The Morgan fingerprint density at radius 3 is 2.78 bits per heavy atom. The first kappa shape index (κ1) is 6.55. The summed E-state index contributed by atoms with van der Waals surface area (Å²) in [4.78, 5) is 3.89. The molecule has 1 rings (SSSR count). The zero-order valence-electron chi connectivity index (χ0n) is 5.06. The summed E-state index contributed by atoms with van der Waals surface area (Å²) in [6.07, 6.45) is 1.74. The average Bonchev–Trinajstić information content (AvgIpc) is 1.80. The number of hydrogen-bond acceptors (Lipinski definition) is 2. The Kier molecular flexibility index (Phi) is 1.71. The van der Waals surface area contributed by atoms with E-state index in [9.17, 15) is 0 Å². The molecule has 2 nitrogen and oxygen atoms in total. The third kappa shape index (κ3) is 1.42. The predicted octanol–water partition coefficient (Wildman–Crippen LogP) is 1.73. The first-order valence-corrected chi connectivity index (χ1v) is 3.37. The molecule has 0 atom stereocenters. The fourth-order valence-corrected chi connectivity index (χ4v) is 0.851. The maximum Gasteiger partial charge on any atom is 0.124 e. The van der Waals surface area contributed by atoms with Crippen molar-refractivity contribution in [2.45, 2.75) is 6.92 Å². The van der Waals surface area contributed by atoms with Gasteiger partial charge in [-0.1, -0.05) is 15.9 Å². The first-order valence-electron chi connectivity index (χ1n) is 2.58. The van der Waals surface area contributed by atoms with Crippen molar-refractivity contribution in [3.63, 3.8) is 0 Å². The van der Waals surface area contributed by atoms with Crippen LogP contribution in [0.4, 0.5) is 5.82 Å². The van der Waals surface area contributed by atoms with Crippen LogP contribution < -0.4 is 5.73 Å². The highest BCUT2D eigenvalue weighted by Crippen LogP contribution is 2.15. The van der Waals surface area contributed by atoms with Crippen molar-refractivity contribution >= 4 is 21.7 Å². The second-order valence-electron chi connectivity index (χ2n) is 1.86. The highest BCUT2D eigenvalue weighted by molar-refractivity contribution is 9.10. The van der Waals surface area contributed by atoms with Crippen LogP contribution >= 0.6 is 15.9 Å². The Labute approximate surface area is 62.2 Å². The molecule has 1 aromatic heterocycles. The van der Waals surface area contributed by atoms with Crippen LogP contribution in [0.15, 0.2) is 16.7 Å². The van der Waals surface area contributed by atoms with Crippen molar-refractivity contribution in [1.82, 2.24) is 4.98 Å². The van der Waals surface area contributed by atoms with Gasteiger partial charge < -0.3 is 5.73 Å². The first-order chi connectivity index (χ1) is 4.20. The summed E-state index contributed by atoms with van der Waals surface area (Å²) >= 11 is 3.33. The van der Waals surface area contributed by atoms with Crippen LogP contribution in [0.3, 0.4) is 0 Å². The number of hydrogen-bond donors (Lipinski definition) is 1. The van der Waals surface area contributed by atoms with Gasteiger partial charge in [0.25, 0.3) is 0 Å². The lowest BCUT2D eigenvalue weighted by molar-refractivity contribution is 1.26. The van der Waals surface area contributed by atoms with Gasteiger partial charge in [0.15, 0.2) is 0 Å². The van der Waals surface area contributed by atoms with Gasteiger partial charge in [0.05, 0.1) is 0 Å². The lowest BCUT2D eigenvalue weighted by Crippen LogP contribution is -1.89. The summed E-state index contributed by atoms with van der Waals surface area (Å²) in [5, 5.41) is 0. The summed E-state index contributed by atoms with van der Waals surface area (Å²) in [5.74, 6) is 0.549. The molecule has 0 spiro atoms. The second kappa shape index (κ2) is 2.35. The van der Waals surface area contributed by atoms with Gasteiger partial charge in [0.1, 0.15) is 5.82 Å². The van der Waals surface area contributed by atoms with E-state index in [0.717, 1.165) is 10.0 Å². The number of aromatic nitrogens is 1. The molecule has 0 aliphatic carbocycles. The van der Waals surface area contributed by atoms with Crippen LogP contribution in [-0.4, -0.2) is 4.98 Å². The van der Waals surface area contributed by atoms with Gasteiger partial charge in [-0.05, 0) is 18.6 Å². The zero-order chi connectivity index (χ0) is 6.85. The molecule has 0 aliphatic heterocycles. The van der Waals surface area contributed by atoms with E-state index >= 15 is 0 Å². The van der Waals surface area contributed by atoms with Crippen molar-refractivity contribution in [3.05, 3.63) is 22.3 Å². The fraction of sp³-hybridized carbons (Fsp3) is 0.167. The molecule has 0 unspecified atom stereocenters. The third-order valence-corrected chi connectivity index (χ3v) is 1.91. The molecule has 2 N–H and O–H groups in total. The van der Waals surface area contributed by atoms with Crippen molar-refractivity contribution in [3.8, 4) is 0 Å². The van der Waals surface area contributed by atoms with Gasteiger partial charge in [-0.25, -0.2) is 4.98 Å². The molecule has 0 aromatic carbocycles. The van der Waals surface area contributed by atoms with Crippen molar-refractivity contribution in [2.24, 2.45) is 0 Å². The molecule has 0 saturated heterocycles. The van der Waals surface area contributed by atoms with Crippen LogP contribution in [-0.2, 0) is 0 Å². The van der Waals surface area contributed by atoms with Gasteiger partial charge in [0.2, 0.25) is 0 Å². The van der Waals surface area contributed by atoms with E-state index < -0.39 is 0 Å². The largest absolute Gasteiger partial charge is 0.384 e. The van der Waals surface area contributed by atoms with Gasteiger partial charge in [-0.3, -0.25) is 0 Å². The number of anilines is 1. The molecule has 0 saturated carbocycles. The van der Waals surface area contributed by atoms with Crippen LogP contribution in [0.25, 0.3) is 0 Å². The maximum absolute atomic E-state index is 5.39. The lowest BCUT2D eigenvalue weighted by atomic mass is 10.3. The van der Waals surface area contributed by atoms with Crippen molar-refractivity contribution in [1.29, 1.82) is 0 Å². The minimum absolute atomic E-state index is 0.549. The van der Waals surface area contributed by atoms with Crippen LogP contribution in [0.1, 0.15) is 5.56 Å². The smallest absolute Gasteiger partial charge is 0.124 e.